The fourth-order valence-electron chi connectivity index (χ4n) is 1.92. The topological polar surface area (TPSA) is 43.1 Å². The van der Waals surface area contributed by atoms with Crippen LogP contribution in [0.3, 0.4) is 0 Å². The van der Waals surface area contributed by atoms with Crippen LogP contribution in [0.25, 0.3) is 11.1 Å². The first-order valence-corrected chi connectivity index (χ1v) is 6.08. The molecule has 2 N–H and O–H groups in total. The number of carbonyl (C=O) groups is 1. The Kier molecular flexibility index (Phi) is 3.47. The Balaban J connectivity index is 2.57. The lowest BCUT2D eigenvalue weighted by molar-refractivity contribution is 0.1000. The molecule has 0 aliphatic heterocycles. The third kappa shape index (κ3) is 2.59. The van der Waals surface area contributed by atoms with Crippen LogP contribution in [-0.4, -0.2) is 5.91 Å². The third-order valence-electron chi connectivity index (χ3n) is 3.01. The first-order valence-electron chi connectivity index (χ1n) is 6.08. The molecular formula is C16H17NO. The van der Waals surface area contributed by atoms with Crippen molar-refractivity contribution in [3.63, 3.8) is 0 Å². The monoisotopic (exact) mass is 239 g/mol. The molecule has 0 heterocycles. The Morgan fingerprint density at radius 1 is 1.00 bits per heavy atom. The van der Waals surface area contributed by atoms with Gasteiger partial charge in [-0.2, -0.15) is 0 Å². The van der Waals surface area contributed by atoms with Crippen LogP contribution in [-0.2, 0) is 0 Å². The standard InChI is InChI=1S/C16H17NO/c1-11(2)13-8-14(10-15(9-13)16(17)18)12-6-4-3-5-7-12/h3-11H,1-2H3,(H2,17,18). The second-order valence-electron chi connectivity index (χ2n) is 4.73. The van der Waals surface area contributed by atoms with Gasteiger partial charge in [-0.25, -0.2) is 0 Å². The molecule has 0 atom stereocenters. The molecule has 0 spiro atoms. The second kappa shape index (κ2) is 5.05. The first kappa shape index (κ1) is 12.4. The van der Waals surface area contributed by atoms with E-state index >= 15 is 0 Å². The fraction of sp³-hybridized carbons (Fsp3) is 0.188. The van der Waals surface area contributed by atoms with Crippen LogP contribution in [0.1, 0.15) is 35.7 Å². The molecular weight excluding hydrogens is 222 g/mol. The summed E-state index contributed by atoms with van der Waals surface area (Å²) in [6, 6.07) is 15.9. The number of carbonyl (C=O) groups excluding carboxylic acids is 1. The van der Waals surface area contributed by atoms with Crippen molar-refractivity contribution in [2.24, 2.45) is 5.73 Å². The van der Waals surface area contributed by atoms with E-state index in [0.717, 1.165) is 16.7 Å². The highest BCUT2D eigenvalue weighted by atomic mass is 16.1. The first-order chi connectivity index (χ1) is 8.58. The van der Waals surface area contributed by atoms with Crippen LogP contribution in [0, 0.1) is 0 Å². The maximum Gasteiger partial charge on any atom is 0.248 e. The summed E-state index contributed by atoms with van der Waals surface area (Å²) in [6.45, 7) is 4.21. The predicted molar refractivity (Wildman–Crippen MR) is 74.5 cm³/mol. The van der Waals surface area contributed by atoms with Gasteiger partial charge in [0.1, 0.15) is 0 Å². The Morgan fingerprint density at radius 2 is 1.67 bits per heavy atom. The van der Waals surface area contributed by atoms with Gasteiger partial charge in [0.15, 0.2) is 0 Å². The zero-order valence-electron chi connectivity index (χ0n) is 10.7. The van der Waals surface area contributed by atoms with Gasteiger partial charge >= 0.3 is 0 Å². The lowest BCUT2D eigenvalue weighted by Crippen LogP contribution is -2.11. The Hall–Kier alpha value is -2.09. The Bertz CT molecular complexity index is 559. The molecule has 0 saturated carbocycles. The number of amides is 1. The van der Waals surface area contributed by atoms with Gasteiger partial charge in [0.05, 0.1) is 0 Å². The zero-order valence-corrected chi connectivity index (χ0v) is 10.7. The number of hydrogen-bond acceptors (Lipinski definition) is 1. The molecule has 2 aromatic carbocycles. The van der Waals surface area contributed by atoms with E-state index in [1.54, 1.807) is 0 Å². The maximum atomic E-state index is 11.4. The minimum Gasteiger partial charge on any atom is -0.366 e. The molecule has 2 nitrogen and oxygen atoms in total. The smallest absolute Gasteiger partial charge is 0.248 e. The van der Waals surface area contributed by atoms with E-state index in [1.165, 1.54) is 0 Å². The van der Waals surface area contributed by atoms with Crippen LogP contribution in [0.4, 0.5) is 0 Å². The summed E-state index contributed by atoms with van der Waals surface area (Å²) >= 11 is 0. The van der Waals surface area contributed by atoms with Crippen molar-refractivity contribution in [2.75, 3.05) is 0 Å². The predicted octanol–water partition coefficient (Wildman–Crippen LogP) is 3.58. The van der Waals surface area contributed by atoms with Crippen molar-refractivity contribution in [3.05, 3.63) is 59.7 Å². The minimum absolute atomic E-state index is 0.367. The van der Waals surface area contributed by atoms with E-state index in [1.807, 2.05) is 42.5 Å². The van der Waals surface area contributed by atoms with Gasteiger partial charge in [0, 0.05) is 5.56 Å². The van der Waals surface area contributed by atoms with Gasteiger partial charge < -0.3 is 5.73 Å². The quantitative estimate of drug-likeness (QED) is 0.874. The van der Waals surface area contributed by atoms with E-state index in [-0.39, 0.29) is 5.91 Å². The average molecular weight is 239 g/mol. The highest BCUT2D eigenvalue weighted by Crippen LogP contribution is 2.25. The summed E-state index contributed by atoms with van der Waals surface area (Å²) in [6.07, 6.45) is 0. The molecule has 2 aromatic rings. The van der Waals surface area contributed by atoms with E-state index in [9.17, 15) is 4.79 Å². The van der Waals surface area contributed by atoms with E-state index in [4.69, 9.17) is 5.73 Å². The molecule has 2 heteroatoms. The molecule has 0 unspecified atom stereocenters. The molecule has 0 aliphatic rings. The Labute approximate surface area is 107 Å². The summed E-state index contributed by atoms with van der Waals surface area (Å²) in [5, 5.41) is 0. The van der Waals surface area contributed by atoms with Gasteiger partial charge in [-0.3, -0.25) is 4.79 Å². The lowest BCUT2D eigenvalue weighted by atomic mass is 9.94. The molecule has 18 heavy (non-hydrogen) atoms. The van der Waals surface area contributed by atoms with Crippen molar-refractivity contribution < 1.29 is 4.79 Å². The third-order valence-corrected chi connectivity index (χ3v) is 3.01. The largest absolute Gasteiger partial charge is 0.366 e. The summed E-state index contributed by atoms with van der Waals surface area (Å²) in [7, 11) is 0. The maximum absolute atomic E-state index is 11.4. The number of primary amides is 1. The number of hydrogen-bond donors (Lipinski definition) is 1. The molecule has 2 rings (SSSR count). The summed E-state index contributed by atoms with van der Waals surface area (Å²) in [4.78, 5) is 11.4. The normalized spacial score (nSPS) is 10.6. The van der Waals surface area contributed by atoms with Gasteiger partial charge in [-0.1, -0.05) is 50.2 Å². The number of rotatable bonds is 3. The fourth-order valence-corrected chi connectivity index (χ4v) is 1.92. The number of benzene rings is 2. The highest BCUT2D eigenvalue weighted by molar-refractivity contribution is 5.94. The van der Waals surface area contributed by atoms with Gasteiger partial charge in [-0.05, 0) is 34.7 Å². The zero-order chi connectivity index (χ0) is 13.1. The van der Waals surface area contributed by atoms with E-state index < -0.39 is 0 Å². The highest BCUT2D eigenvalue weighted by Gasteiger charge is 2.08. The van der Waals surface area contributed by atoms with Crippen LogP contribution < -0.4 is 5.73 Å². The molecule has 0 aromatic heterocycles. The van der Waals surface area contributed by atoms with Crippen molar-refractivity contribution in [3.8, 4) is 11.1 Å². The van der Waals surface area contributed by atoms with Crippen LogP contribution in [0.2, 0.25) is 0 Å². The van der Waals surface area contributed by atoms with Crippen molar-refractivity contribution in [1.29, 1.82) is 0 Å². The average Bonchev–Trinajstić information content (AvgIpc) is 2.39. The molecule has 92 valence electrons. The Morgan fingerprint density at radius 3 is 2.22 bits per heavy atom. The molecule has 0 bridgehead atoms. The van der Waals surface area contributed by atoms with Crippen molar-refractivity contribution >= 4 is 5.91 Å². The van der Waals surface area contributed by atoms with Gasteiger partial charge in [0.2, 0.25) is 5.91 Å². The molecule has 1 amide bonds. The van der Waals surface area contributed by atoms with Crippen LogP contribution in [0.15, 0.2) is 48.5 Å². The minimum atomic E-state index is -0.380. The summed E-state index contributed by atoms with van der Waals surface area (Å²) in [5.74, 6) is -0.0126. The van der Waals surface area contributed by atoms with Crippen molar-refractivity contribution in [1.82, 2.24) is 0 Å². The van der Waals surface area contributed by atoms with E-state index in [0.29, 0.717) is 11.5 Å². The van der Waals surface area contributed by atoms with Crippen molar-refractivity contribution in [2.45, 2.75) is 19.8 Å². The van der Waals surface area contributed by atoms with Gasteiger partial charge in [0.25, 0.3) is 0 Å². The molecule has 0 fully saturated rings. The van der Waals surface area contributed by atoms with Crippen LogP contribution in [0.5, 0.6) is 0 Å². The SMILES string of the molecule is CC(C)c1cc(C(N)=O)cc(-c2ccccc2)c1. The van der Waals surface area contributed by atoms with Gasteiger partial charge in [-0.15, -0.1) is 0 Å². The molecule has 0 radical (unpaired) electrons. The van der Waals surface area contributed by atoms with E-state index in [2.05, 4.69) is 19.9 Å². The van der Waals surface area contributed by atoms with Crippen LogP contribution >= 0.6 is 0 Å². The summed E-state index contributed by atoms with van der Waals surface area (Å²) in [5.41, 5.74) is 9.23. The summed E-state index contributed by atoms with van der Waals surface area (Å²) < 4.78 is 0. The lowest BCUT2D eigenvalue weighted by Gasteiger charge is -2.11. The second-order valence-corrected chi connectivity index (χ2v) is 4.73. The molecule has 0 aliphatic carbocycles. The number of nitrogens with two attached hydrogens (primary N) is 1. The molecule has 0 saturated heterocycles.